The molecule has 0 aliphatic heterocycles. The molecule has 2 aromatic rings. The Kier molecular flexibility index (Phi) is 6.44. The highest BCUT2D eigenvalue weighted by Gasteiger charge is 2.56. The Morgan fingerprint density at radius 1 is 0.966 bits per heavy atom. The van der Waals surface area contributed by atoms with Gasteiger partial charge in [-0.2, -0.15) is 0 Å². The predicted molar refractivity (Wildman–Crippen MR) is 120 cm³/mol. The van der Waals surface area contributed by atoms with Gasteiger partial charge in [0.1, 0.15) is 5.78 Å². The Hall–Kier alpha value is -1.79. The molecule has 0 radical (unpaired) electrons. The second kappa shape index (κ2) is 8.52. The van der Waals surface area contributed by atoms with E-state index < -0.39 is 8.32 Å². The average molecular weight is 412 g/mol. The molecule has 156 valence electrons. The fourth-order valence-electron chi connectivity index (χ4n) is 4.78. The highest BCUT2D eigenvalue weighted by atomic mass is 28.4. The van der Waals surface area contributed by atoms with Gasteiger partial charge in [0, 0.05) is 19.1 Å². The largest absolute Gasteiger partial charge is 0.401 e. The first-order valence-corrected chi connectivity index (χ1v) is 12.2. The van der Waals surface area contributed by atoms with Crippen LogP contribution in [0.4, 0.5) is 0 Å². The number of hydrogen-bond donors (Lipinski definition) is 1. The molecule has 0 bridgehead atoms. The second-order valence-corrected chi connectivity index (χ2v) is 13.3. The van der Waals surface area contributed by atoms with Gasteiger partial charge < -0.3 is 14.9 Å². The molecule has 1 aliphatic rings. The molecule has 1 saturated carbocycles. The average Bonchev–Trinajstić information content (AvgIpc) is 3.01. The van der Waals surface area contributed by atoms with Gasteiger partial charge in [-0.05, 0) is 28.8 Å². The summed E-state index contributed by atoms with van der Waals surface area (Å²) in [4.78, 5) is 12.5. The molecule has 5 heteroatoms. The number of ether oxygens (including phenoxy) is 1. The maximum atomic E-state index is 12.5. The second-order valence-electron chi connectivity index (χ2n) is 9.06. The first-order chi connectivity index (χ1) is 13.7. The van der Waals surface area contributed by atoms with Gasteiger partial charge in [-0.3, -0.25) is 4.79 Å². The van der Waals surface area contributed by atoms with Crippen LogP contribution in [0.2, 0.25) is 5.04 Å². The van der Waals surface area contributed by atoms with Crippen LogP contribution in [0, 0.1) is 5.92 Å². The SMILES string of the molecule is CO[C@@H]1C(O[Si](c2ccccc2)(c2ccccc2)C(C)(C)C)[C@@H](C(C)=O)C[C@H]1N. The molecule has 0 spiro atoms. The minimum Gasteiger partial charge on any atom is -0.401 e. The highest BCUT2D eigenvalue weighted by molar-refractivity contribution is 6.99. The molecule has 1 unspecified atom stereocenters. The number of ketones is 1. The number of carbonyl (C=O) groups excluding carboxylic acids is 1. The van der Waals surface area contributed by atoms with E-state index in [0.717, 1.165) is 0 Å². The van der Waals surface area contributed by atoms with Crippen LogP contribution in [-0.2, 0) is 14.0 Å². The predicted octanol–water partition coefficient (Wildman–Crippen LogP) is 2.88. The Balaban J connectivity index is 2.21. The minimum atomic E-state index is -2.78. The van der Waals surface area contributed by atoms with Crippen LogP contribution in [0.3, 0.4) is 0 Å². The number of Topliss-reactive ketones (excluding diaryl/α,β-unsaturated/α-hetero) is 1. The Morgan fingerprint density at radius 2 is 1.45 bits per heavy atom. The fraction of sp³-hybridized carbons (Fsp3) is 0.458. The summed E-state index contributed by atoms with van der Waals surface area (Å²) in [5, 5.41) is 2.22. The van der Waals surface area contributed by atoms with Crippen molar-refractivity contribution >= 4 is 24.5 Å². The molecule has 0 amide bonds. The van der Waals surface area contributed by atoms with E-state index in [1.54, 1.807) is 14.0 Å². The molecule has 29 heavy (non-hydrogen) atoms. The summed E-state index contributed by atoms with van der Waals surface area (Å²) in [7, 11) is -1.12. The summed E-state index contributed by atoms with van der Waals surface area (Å²) in [5.41, 5.74) is 6.37. The number of rotatable bonds is 6. The summed E-state index contributed by atoms with van der Waals surface area (Å²) < 4.78 is 13.0. The van der Waals surface area contributed by atoms with E-state index in [0.29, 0.717) is 6.42 Å². The van der Waals surface area contributed by atoms with Gasteiger partial charge in [-0.25, -0.2) is 0 Å². The van der Waals surface area contributed by atoms with Crippen LogP contribution < -0.4 is 16.1 Å². The molecule has 0 saturated heterocycles. The molecule has 2 aromatic carbocycles. The van der Waals surface area contributed by atoms with E-state index >= 15 is 0 Å². The van der Waals surface area contributed by atoms with Gasteiger partial charge in [0.05, 0.1) is 12.2 Å². The number of methoxy groups -OCH3 is 1. The van der Waals surface area contributed by atoms with E-state index in [1.165, 1.54) is 10.4 Å². The lowest BCUT2D eigenvalue weighted by Crippen LogP contribution is -2.69. The summed E-state index contributed by atoms with van der Waals surface area (Å²) in [5.74, 6) is -0.139. The Bertz CT molecular complexity index is 780. The van der Waals surface area contributed by atoms with E-state index in [4.69, 9.17) is 14.9 Å². The molecule has 4 nitrogen and oxygen atoms in total. The van der Waals surface area contributed by atoms with Crippen LogP contribution in [0.25, 0.3) is 0 Å². The zero-order chi connectivity index (χ0) is 21.2. The minimum absolute atomic E-state index is 0.114. The van der Waals surface area contributed by atoms with Gasteiger partial charge in [0.25, 0.3) is 8.32 Å². The first kappa shape index (κ1) is 21.9. The summed E-state index contributed by atoms with van der Waals surface area (Å²) in [6.45, 7) is 8.34. The topological polar surface area (TPSA) is 61.5 Å². The normalized spacial score (nSPS) is 25.2. The van der Waals surface area contributed by atoms with Crippen molar-refractivity contribution in [1.82, 2.24) is 0 Å². The van der Waals surface area contributed by atoms with Crippen LogP contribution in [0.15, 0.2) is 60.7 Å². The van der Waals surface area contributed by atoms with Gasteiger partial charge >= 0.3 is 0 Å². The van der Waals surface area contributed by atoms with Gasteiger partial charge in [-0.15, -0.1) is 0 Å². The molecular weight excluding hydrogens is 378 g/mol. The van der Waals surface area contributed by atoms with E-state index in [1.807, 2.05) is 12.1 Å². The summed E-state index contributed by atoms with van der Waals surface area (Å²) >= 11 is 0. The van der Waals surface area contributed by atoms with Crippen molar-refractivity contribution < 1.29 is 14.0 Å². The van der Waals surface area contributed by atoms with Crippen molar-refractivity contribution in [1.29, 1.82) is 0 Å². The van der Waals surface area contributed by atoms with E-state index in [-0.39, 0.29) is 35.0 Å². The maximum Gasteiger partial charge on any atom is 0.261 e. The number of nitrogens with two attached hydrogens (primary N) is 1. The zero-order valence-electron chi connectivity index (χ0n) is 18.1. The van der Waals surface area contributed by atoms with Crippen molar-refractivity contribution in [2.45, 2.75) is 57.4 Å². The molecule has 1 aliphatic carbocycles. The van der Waals surface area contributed by atoms with Gasteiger partial charge in [0.15, 0.2) is 0 Å². The third kappa shape index (κ3) is 3.97. The molecule has 3 rings (SSSR count). The lowest BCUT2D eigenvalue weighted by Gasteiger charge is -2.46. The Morgan fingerprint density at radius 3 is 1.83 bits per heavy atom. The third-order valence-corrected chi connectivity index (χ3v) is 11.2. The highest BCUT2D eigenvalue weighted by Crippen LogP contribution is 2.41. The fourth-order valence-corrected chi connectivity index (χ4v) is 9.51. The zero-order valence-corrected chi connectivity index (χ0v) is 19.1. The van der Waals surface area contributed by atoms with Crippen molar-refractivity contribution in [2.24, 2.45) is 11.7 Å². The summed E-state index contributed by atoms with van der Waals surface area (Å²) in [6, 6.07) is 20.7. The van der Waals surface area contributed by atoms with Crippen molar-refractivity contribution in [2.75, 3.05) is 7.11 Å². The van der Waals surface area contributed by atoms with Crippen LogP contribution in [0.1, 0.15) is 34.1 Å². The Labute approximate surface area is 175 Å². The smallest absolute Gasteiger partial charge is 0.261 e. The van der Waals surface area contributed by atoms with Gasteiger partial charge in [0.2, 0.25) is 0 Å². The maximum absolute atomic E-state index is 12.5. The number of hydrogen-bond acceptors (Lipinski definition) is 4. The monoisotopic (exact) mass is 411 g/mol. The molecular formula is C24H33NO3Si. The molecule has 0 aromatic heterocycles. The van der Waals surface area contributed by atoms with Gasteiger partial charge in [-0.1, -0.05) is 81.4 Å². The molecule has 1 fully saturated rings. The number of benzene rings is 2. The van der Waals surface area contributed by atoms with Crippen LogP contribution >= 0.6 is 0 Å². The van der Waals surface area contributed by atoms with Crippen molar-refractivity contribution in [3.8, 4) is 0 Å². The first-order valence-electron chi connectivity index (χ1n) is 10.3. The quantitative estimate of drug-likeness (QED) is 0.743. The molecule has 2 N–H and O–H groups in total. The van der Waals surface area contributed by atoms with Crippen molar-refractivity contribution in [3.05, 3.63) is 60.7 Å². The van der Waals surface area contributed by atoms with E-state index in [9.17, 15) is 4.79 Å². The molecule has 0 heterocycles. The standard InChI is InChI=1S/C24H33NO3Si/c1-17(26)20-16-21(25)23(27-5)22(20)28-29(24(2,3)4,18-12-8-6-9-13-18)19-14-10-7-11-15-19/h6-15,20-23H,16,25H2,1-5H3/t20-,21-,22?,23+/m1/s1. The van der Waals surface area contributed by atoms with Crippen molar-refractivity contribution in [3.63, 3.8) is 0 Å². The lowest BCUT2D eigenvalue weighted by atomic mass is 10.0. The summed E-state index contributed by atoms with van der Waals surface area (Å²) in [6.07, 6.45) is -0.0687. The van der Waals surface area contributed by atoms with E-state index in [2.05, 4.69) is 69.3 Å². The number of carbonyl (C=O) groups is 1. The molecule has 4 atom stereocenters. The van der Waals surface area contributed by atoms with Crippen LogP contribution in [0.5, 0.6) is 0 Å². The van der Waals surface area contributed by atoms with Crippen LogP contribution in [-0.4, -0.2) is 39.5 Å². The third-order valence-electron chi connectivity index (χ3n) is 6.19. The lowest BCUT2D eigenvalue weighted by molar-refractivity contribution is -0.124.